The summed E-state index contributed by atoms with van der Waals surface area (Å²) in [6, 6.07) is 22.3. The molecule has 2 aromatic rings. The monoisotopic (exact) mass is 678 g/mol. The van der Waals surface area contributed by atoms with E-state index in [1.54, 1.807) is 50.3 Å². The Bertz CT molecular complexity index is 1580. The Balaban J connectivity index is 0. The normalized spacial score (nSPS) is 9.12. The number of benzene rings is 2. The number of carbonyl (C=O) groups excluding carboxylic acids is 3. The molecule has 0 bridgehead atoms. The third-order valence-electron chi connectivity index (χ3n) is 6.85. The fourth-order valence-electron chi connectivity index (χ4n) is 3.52. The van der Waals surface area contributed by atoms with Crippen molar-refractivity contribution in [3.63, 3.8) is 0 Å². The number of nitrogens with zero attached hydrogens (tertiary/aromatic N) is 4. The third kappa shape index (κ3) is 21.5. The molecule has 0 aliphatic rings. The topological polar surface area (TPSA) is 174 Å². The van der Waals surface area contributed by atoms with Gasteiger partial charge in [0.05, 0.1) is 30.4 Å². The molecular formula is C40H46N4O6. The summed E-state index contributed by atoms with van der Waals surface area (Å²) in [6.45, 7) is 21.3. The van der Waals surface area contributed by atoms with Gasteiger partial charge in [0.15, 0.2) is 6.61 Å². The summed E-state index contributed by atoms with van der Waals surface area (Å²) < 4.78 is 14.5. The Kier molecular flexibility index (Phi) is 25.6. The molecule has 0 saturated carbocycles. The molecule has 2 rings (SSSR count). The standard InChI is InChI=1S/C13H13NO2.C13H21NO2.C9H7N.C5H5NO2/c1-10(2)13(15)16-12-7-5-11(6-8-12)4-3-9-14;1-5-13(6-2,8-7-9-14)10-16-12(15)11(3)4;1-2-8-3-5-9(7-10)6-4-8;1-2-5(7)8-4-3-6/h5-8H,1,3-4H2,2H3;3,5-8,10H2,1-2,4H3;2-6H,1H2;2H,1,4H2. The first-order valence-electron chi connectivity index (χ1n) is 15.6. The van der Waals surface area contributed by atoms with Crippen molar-refractivity contribution in [3.05, 3.63) is 109 Å². The number of esters is 3. The SMILES string of the molecule is C=C(C)C(=O)OCC(CC)(CC)CCC#N.C=C(C)C(=O)Oc1ccc(CCC#N)cc1.C=CC(=O)OCC#N.C=Cc1ccc(C#N)cc1. The van der Waals surface area contributed by atoms with Gasteiger partial charge in [-0.05, 0) is 74.9 Å². The second-order valence-electron chi connectivity index (χ2n) is 10.6. The Hall–Kier alpha value is -6.23. The van der Waals surface area contributed by atoms with Crippen molar-refractivity contribution in [1.29, 1.82) is 21.0 Å². The molecule has 2 aromatic carbocycles. The minimum absolute atomic E-state index is 0.0547. The van der Waals surface area contributed by atoms with Gasteiger partial charge < -0.3 is 14.2 Å². The zero-order valence-corrected chi connectivity index (χ0v) is 29.5. The van der Waals surface area contributed by atoms with E-state index in [-0.39, 0.29) is 18.0 Å². The second kappa shape index (κ2) is 27.8. The van der Waals surface area contributed by atoms with Crippen LogP contribution in [0.1, 0.15) is 76.5 Å². The first-order valence-corrected chi connectivity index (χ1v) is 15.6. The molecule has 262 valence electrons. The average molecular weight is 679 g/mol. The number of aryl methyl sites for hydroxylation is 1. The quantitative estimate of drug-likeness (QED) is 0.107. The summed E-state index contributed by atoms with van der Waals surface area (Å²) in [4.78, 5) is 32.6. The van der Waals surface area contributed by atoms with Crippen LogP contribution in [0, 0.1) is 50.7 Å². The van der Waals surface area contributed by atoms with E-state index < -0.39 is 11.9 Å². The van der Waals surface area contributed by atoms with E-state index in [0.29, 0.717) is 48.3 Å². The van der Waals surface area contributed by atoms with Gasteiger partial charge in [0.2, 0.25) is 0 Å². The van der Waals surface area contributed by atoms with Crippen LogP contribution in [0.2, 0.25) is 0 Å². The molecule has 0 atom stereocenters. The van der Waals surface area contributed by atoms with Crippen LogP contribution >= 0.6 is 0 Å². The third-order valence-corrected chi connectivity index (χ3v) is 6.85. The smallest absolute Gasteiger partial charge is 0.338 e. The summed E-state index contributed by atoms with van der Waals surface area (Å²) in [5.74, 6) is -0.840. The average Bonchev–Trinajstić information content (AvgIpc) is 3.14. The lowest BCUT2D eigenvalue weighted by molar-refractivity contribution is -0.143. The van der Waals surface area contributed by atoms with Crippen LogP contribution in [0.4, 0.5) is 0 Å². The molecule has 0 fully saturated rings. The summed E-state index contributed by atoms with van der Waals surface area (Å²) in [7, 11) is 0. The Morgan fingerprint density at radius 2 is 1.34 bits per heavy atom. The predicted molar refractivity (Wildman–Crippen MR) is 192 cm³/mol. The van der Waals surface area contributed by atoms with Gasteiger partial charge in [-0.2, -0.15) is 21.0 Å². The molecule has 0 unspecified atom stereocenters. The molecule has 0 amide bonds. The molecule has 0 aliphatic heterocycles. The Morgan fingerprint density at radius 3 is 1.76 bits per heavy atom. The van der Waals surface area contributed by atoms with Crippen LogP contribution in [0.15, 0.2) is 92.1 Å². The van der Waals surface area contributed by atoms with E-state index in [1.807, 2.05) is 30.3 Å². The van der Waals surface area contributed by atoms with Crippen LogP contribution < -0.4 is 4.74 Å². The molecule has 50 heavy (non-hydrogen) atoms. The van der Waals surface area contributed by atoms with Crippen molar-refractivity contribution >= 4 is 24.0 Å². The lowest BCUT2D eigenvalue weighted by Crippen LogP contribution is -2.27. The van der Waals surface area contributed by atoms with Crippen LogP contribution in [0.3, 0.4) is 0 Å². The van der Waals surface area contributed by atoms with Crippen LogP contribution in [-0.4, -0.2) is 31.1 Å². The summed E-state index contributed by atoms with van der Waals surface area (Å²) in [6.07, 6.45) is 7.07. The van der Waals surface area contributed by atoms with Crippen molar-refractivity contribution < 1.29 is 28.6 Å². The fourth-order valence-corrected chi connectivity index (χ4v) is 3.52. The molecular weight excluding hydrogens is 632 g/mol. The highest BCUT2D eigenvalue weighted by Gasteiger charge is 2.27. The Morgan fingerprint density at radius 1 is 0.780 bits per heavy atom. The first-order chi connectivity index (χ1) is 23.8. The van der Waals surface area contributed by atoms with Gasteiger partial charge >= 0.3 is 17.9 Å². The number of rotatable bonds is 14. The highest BCUT2D eigenvalue weighted by Crippen LogP contribution is 2.32. The van der Waals surface area contributed by atoms with Gasteiger partial charge in [-0.15, -0.1) is 0 Å². The van der Waals surface area contributed by atoms with Crippen LogP contribution in [-0.2, 0) is 30.3 Å². The van der Waals surface area contributed by atoms with Gasteiger partial charge in [0, 0.05) is 35.5 Å². The summed E-state index contributed by atoms with van der Waals surface area (Å²) in [5.41, 5.74) is 3.51. The van der Waals surface area contributed by atoms with Gasteiger partial charge in [-0.3, -0.25) is 0 Å². The molecule has 10 heteroatoms. The Labute approximate surface area is 296 Å². The fraction of sp³-hybridized carbons (Fsp3) is 0.325. The van der Waals surface area contributed by atoms with Gasteiger partial charge in [-0.25, -0.2) is 14.4 Å². The van der Waals surface area contributed by atoms with Gasteiger partial charge in [-0.1, -0.05) is 70.5 Å². The van der Waals surface area contributed by atoms with E-state index in [0.717, 1.165) is 36.5 Å². The van der Waals surface area contributed by atoms with Crippen molar-refractivity contribution in [3.8, 4) is 30.0 Å². The number of hydrogen-bond donors (Lipinski definition) is 0. The maximum absolute atomic E-state index is 11.3. The lowest BCUT2D eigenvalue weighted by Gasteiger charge is -2.30. The second-order valence-corrected chi connectivity index (χ2v) is 10.6. The minimum Gasteiger partial charge on any atom is -0.462 e. The molecule has 0 spiro atoms. The summed E-state index contributed by atoms with van der Waals surface area (Å²) >= 11 is 0. The van der Waals surface area contributed by atoms with Crippen molar-refractivity contribution in [2.45, 2.75) is 66.2 Å². The zero-order valence-electron chi connectivity index (χ0n) is 29.5. The molecule has 0 aromatic heterocycles. The minimum atomic E-state index is -0.563. The van der Waals surface area contributed by atoms with Crippen LogP contribution in [0.25, 0.3) is 6.08 Å². The van der Waals surface area contributed by atoms with Crippen LogP contribution in [0.5, 0.6) is 5.75 Å². The van der Waals surface area contributed by atoms with Crippen molar-refractivity contribution in [2.75, 3.05) is 13.2 Å². The predicted octanol–water partition coefficient (Wildman–Crippen LogP) is 8.28. The van der Waals surface area contributed by atoms with Gasteiger partial charge in [0.25, 0.3) is 0 Å². The number of carbonyl (C=O) groups is 3. The molecule has 0 N–H and O–H groups in total. The van der Waals surface area contributed by atoms with Crippen molar-refractivity contribution in [2.24, 2.45) is 5.41 Å². The van der Waals surface area contributed by atoms with E-state index in [9.17, 15) is 14.4 Å². The van der Waals surface area contributed by atoms with E-state index in [1.165, 1.54) is 0 Å². The largest absolute Gasteiger partial charge is 0.462 e. The van der Waals surface area contributed by atoms with E-state index >= 15 is 0 Å². The van der Waals surface area contributed by atoms with E-state index in [2.05, 4.69) is 57.0 Å². The van der Waals surface area contributed by atoms with Gasteiger partial charge in [0.1, 0.15) is 11.8 Å². The molecule has 0 heterocycles. The number of ether oxygens (including phenoxy) is 3. The van der Waals surface area contributed by atoms with Crippen molar-refractivity contribution in [1.82, 2.24) is 0 Å². The highest BCUT2D eigenvalue weighted by atomic mass is 16.5. The number of hydrogen-bond acceptors (Lipinski definition) is 10. The summed E-state index contributed by atoms with van der Waals surface area (Å²) in [5, 5.41) is 33.3. The molecule has 10 nitrogen and oxygen atoms in total. The molecule has 0 saturated heterocycles. The molecule has 0 aliphatic carbocycles. The van der Waals surface area contributed by atoms with E-state index in [4.69, 9.17) is 30.5 Å². The zero-order chi connectivity index (χ0) is 38.4. The maximum Gasteiger partial charge on any atom is 0.338 e. The maximum atomic E-state index is 11.3. The molecule has 0 radical (unpaired) electrons. The number of nitriles is 4. The first kappa shape index (κ1) is 45.9. The highest BCUT2D eigenvalue weighted by molar-refractivity contribution is 5.88. The lowest BCUT2D eigenvalue weighted by atomic mass is 9.79.